The fourth-order valence-electron chi connectivity index (χ4n) is 3.62. The van der Waals surface area contributed by atoms with Gasteiger partial charge in [0.2, 0.25) is 0 Å². The molecule has 0 saturated carbocycles. The van der Waals surface area contributed by atoms with E-state index in [0.717, 1.165) is 11.3 Å². The molecule has 0 aromatic heterocycles. The highest BCUT2D eigenvalue weighted by Crippen LogP contribution is 2.34. The van der Waals surface area contributed by atoms with Gasteiger partial charge in [-0.3, -0.25) is 0 Å². The zero-order valence-corrected chi connectivity index (χ0v) is 20.7. The molecule has 0 bridgehead atoms. The van der Waals surface area contributed by atoms with Gasteiger partial charge in [0.25, 0.3) is 0 Å². The van der Waals surface area contributed by atoms with E-state index >= 15 is 0 Å². The summed E-state index contributed by atoms with van der Waals surface area (Å²) in [5.41, 5.74) is 1.36. The first kappa shape index (κ1) is 27.4. The van der Waals surface area contributed by atoms with E-state index in [4.69, 9.17) is 0 Å². The van der Waals surface area contributed by atoms with Crippen LogP contribution < -0.4 is 0 Å². The molecule has 4 nitrogen and oxygen atoms in total. The molecule has 0 aliphatic heterocycles. The Hall–Kier alpha value is -2.81. The second-order valence-electron chi connectivity index (χ2n) is 8.32. The van der Waals surface area contributed by atoms with Crippen molar-refractivity contribution in [1.82, 2.24) is 0 Å². The second-order valence-corrected chi connectivity index (χ2v) is 9.57. The van der Waals surface area contributed by atoms with Gasteiger partial charge in [-0.15, -0.1) is 11.8 Å². The third kappa shape index (κ3) is 9.99. The zero-order valence-electron chi connectivity index (χ0n) is 19.9. The molecule has 0 spiro atoms. The third-order valence-corrected chi connectivity index (χ3v) is 6.76. The molecule has 0 aliphatic rings. The van der Waals surface area contributed by atoms with Crippen molar-refractivity contribution in [3.63, 3.8) is 0 Å². The van der Waals surface area contributed by atoms with E-state index in [-0.39, 0.29) is 10.8 Å². The van der Waals surface area contributed by atoms with Crippen LogP contribution in [-0.2, 0) is 0 Å². The fraction of sp³-hybridized carbons (Fsp3) is 0.379. The van der Waals surface area contributed by atoms with Gasteiger partial charge in [-0.2, -0.15) is 5.26 Å². The number of aliphatic hydroxyl groups is 1. The lowest BCUT2D eigenvalue weighted by Crippen LogP contribution is -2.13. The van der Waals surface area contributed by atoms with Crippen LogP contribution in [0.5, 0.6) is 0 Å². The summed E-state index contributed by atoms with van der Waals surface area (Å²) in [5, 5.41) is 29.2. The summed E-state index contributed by atoms with van der Waals surface area (Å²) in [4.78, 5) is 12.1. The van der Waals surface area contributed by atoms with Crippen molar-refractivity contribution in [1.29, 1.82) is 5.26 Å². The number of nitriles is 1. The molecule has 0 fully saturated rings. The Morgan fingerprint density at radius 3 is 2.50 bits per heavy atom. The molecule has 2 rings (SSSR count). The molecule has 34 heavy (non-hydrogen) atoms. The van der Waals surface area contributed by atoms with Gasteiger partial charge in [0, 0.05) is 4.90 Å². The Balaban J connectivity index is 2.03. The van der Waals surface area contributed by atoms with Gasteiger partial charge in [-0.1, -0.05) is 88.0 Å². The molecule has 2 atom stereocenters. The SMILES string of the molecule is CCCCCCCCC/C=C\C=C\C(Sc1cccc(C(=O)O)c1)C(O)c1cccc(C#N)c1. The number of carboxylic acid groups (broad SMARTS) is 1. The van der Waals surface area contributed by atoms with Gasteiger partial charge in [0.05, 0.1) is 28.6 Å². The number of hydrogen-bond acceptors (Lipinski definition) is 4. The van der Waals surface area contributed by atoms with Gasteiger partial charge < -0.3 is 10.2 Å². The largest absolute Gasteiger partial charge is 0.478 e. The van der Waals surface area contributed by atoms with Crippen molar-refractivity contribution >= 4 is 17.7 Å². The summed E-state index contributed by atoms with van der Waals surface area (Å²) >= 11 is 1.40. The van der Waals surface area contributed by atoms with E-state index in [9.17, 15) is 20.3 Å². The molecular weight excluding hydrogens is 442 g/mol. The number of nitrogens with zero attached hydrogens (tertiary/aromatic N) is 1. The average molecular weight is 478 g/mol. The van der Waals surface area contributed by atoms with Gasteiger partial charge >= 0.3 is 5.97 Å². The maximum Gasteiger partial charge on any atom is 0.335 e. The van der Waals surface area contributed by atoms with E-state index < -0.39 is 12.1 Å². The van der Waals surface area contributed by atoms with Crippen LogP contribution in [0.4, 0.5) is 0 Å². The topological polar surface area (TPSA) is 81.3 Å². The van der Waals surface area contributed by atoms with Gasteiger partial charge in [0.1, 0.15) is 0 Å². The number of rotatable bonds is 15. The summed E-state index contributed by atoms with van der Waals surface area (Å²) in [6, 6.07) is 15.8. The first-order valence-electron chi connectivity index (χ1n) is 12.1. The summed E-state index contributed by atoms with van der Waals surface area (Å²) in [5.74, 6) is -0.981. The van der Waals surface area contributed by atoms with Crippen molar-refractivity contribution in [2.45, 2.75) is 74.5 Å². The molecule has 0 amide bonds. The monoisotopic (exact) mass is 477 g/mol. The number of unbranched alkanes of at least 4 members (excludes halogenated alkanes) is 7. The van der Waals surface area contributed by atoms with Crippen molar-refractivity contribution in [2.75, 3.05) is 0 Å². The standard InChI is InChI=1S/C29H35NO3S/c1-2-3-4-5-6-7-8-9-10-11-12-19-27(28(31)24-16-13-15-23(20-24)22-30)34-26-18-14-17-25(21-26)29(32)33/h10-21,27-28,31H,2-9H2,1H3,(H,32,33)/b11-10-,19-12+. The summed E-state index contributed by atoms with van der Waals surface area (Å²) < 4.78 is 0. The molecular formula is C29H35NO3S. The molecule has 0 saturated heterocycles. The van der Waals surface area contributed by atoms with E-state index in [0.29, 0.717) is 11.1 Å². The average Bonchev–Trinajstić information content (AvgIpc) is 2.86. The molecule has 2 N–H and O–H groups in total. The normalized spacial score (nSPS) is 13.2. The smallest absolute Gasteiger partial charge is 0.335 e. The van der Waals surface area contributed by atoms with Crippen molar-refractivity contribution < 1.29 is 15.0 Å². The Bertz CT molecular complexity index is 993. The van der Waals surface area contributed by atoms with Gasteiger partial charge in [-0.25, -0.2) is 4.79 Å². The Morgan fingerprint density at radius 1 is 1.03 bits per heavy atom. The quantitative estimate of drug-likeness (QED) is 0.156. The first-order valence-corrected chi connectivity index (χ1v) is 12.9. The van der Waals surface area contributed by atoms with E-state index in [1.54, 1.807) is 42.5 Å². The highest BCUT2D eigenvalue weighted by Gasteiger charge is 2.20. The van der Waals surface area contributed by atoms with Crippen LogP contribution in [0, 0.1) is 11.3 Å². The lowest BCUT2D eigenvalue weighted by atomic mass is 10.0. The fourth-order valence-corrected chi connectivity index (χ4v) is 4.74. The van der Waals surface area contributed by atoms with Gasteiger partial charge in [0.15, 0.2) is 0 Å². The maximum absolute atomic E-state index is 11.3. The number of carboxylic acids is 1. The number of carbonyl (C=O) groups is 1. The van der Waals surface area contributed by atoms with Crippen molar-refractivity contribution in [2.24, 2.45) is 0 Å². The van der Waals surface area contributed by atoms with Crippen molar-refractivity contribution in [3.05, 3.63) is 89.5 Å². The first-order chi connectivity index (χ1) is 16.5. The summed E-state index contributed by atoms with van der Waals surface area (Å²) in [6.07, 6.45) is 17.2. The molecule has 2 unspecified atom stereocenters. The predicted octanol–water partition coefficient (Wildman–Crippen LogP) is 7.70. The van der Waals surface area contributed by atoms with E-state index in [1.807, 2.05) is 24.3 Å². The highest BCUT2D eigenvalue weighted by atomic mass is 32.2. The number of aliphatic hydroxyl groups excluding tert-OH is 1. The molecule has 5 heteroatoms. The number of allylic oxidation sites excluding steroid dienone is 3. The molecule has 0 heterocycles. The number of aromatic carboxylic acids is 1. The Labute approximate surface area is 208 Å². The zero-order chi connectivity index (χ0) is 24.6. The van der Waals surface area contributed by atoms with Crippen LogP contribution in [-0.4, -0.2) is 21.4 Å². The van der Waals surface area contributed by atoms with Crippen LogP contribution in [0.2, 0.25) is 0 Å². The van der Waals surface area contributed by atoms with E-state index in [2.05, 4.69) is 19.1 Å². The lowest BCUT2D eigenvalue weighted by molar-refractivity contribution is 0.0696. The molecule has 0 aliphatic carbocycles. The highest BCUT2D eigenvalue weighted by molar-refractivity contribution is 8.00. The lowest BCUT2D eigenvalue weighted by Gasteiger charge is -2.20. The Kier molecular flexibility index (Phi) is 12.9. The minimum atomic E-state index is -0.981. The third-order valence-electron chi connectivity index (χ3n) is 5.54. The predicted molar refractivity (Wildman–Crippen MR) is 140 cm³/mol. The Morgan fingerprint density at radius 2 is 1.76 bits per heavy atom. The van der Waals surface area contributed by atoms with Crippen LogP contribution in [0.3, 0.4) is 0 Å². The maximum atomic E-state index is 11.3. The van der Waals surface area contributed by atoms with E-state index in [1.165, 1.54) is 56.7 Å². The minimum Gasteiger partial charge on any atom is -0.478 e. The van der Waals surface area contributed by atoms with Crippen LogP contribution >= 0.6 is 11.8 Å². The summed E-state index contributed by atoms with van der Waals surface area (Å²) in [6.45, 7) is 2.23. The molecule has 2 aromatic rings. The van der Waals surface area contributed by atoms with Crippen LogP contribution in [0.1, 0.15) is 85.9 Å². The summed E-state index contributed by atoms with van der Waals surface area (Å²) in [7, 11) is 0. The molecule has 2 aromatic carbocycles. The number of hydrogen-bond donors (Lipinski definition) is 2. The van der Waals surface area contributed by atoms with Crippen LogP contribution in [0.15, 0.2) is 77.7 Å². The minimum absolute atomic E-state index is 0.211. The van der Waals surface area contributed by atoms with Crippen LogP contribution in [0.25, 0.3) is 0 Å². The number of benzene rings is 2. The molecule has 0 radical (unpaired) electrons. The second kappa shape index (κ2) is 15.9. The molecule has 180 valence electrons. The van der Waals surface area contributed by atoms with Crippen molar-refractivity contribution in [3.8, 4) is 6.07 Å². The van der Waals surface area contributed by atoms with Gasteiger partial charge in [-0.05, 0) is 48.7 Å². The number of thioether (sulfide) groups is 1.